The van der Waals surface area contributed by atoms with Gasteiger partial charge in [-0.15, -0.1) is 0 Å². The largest absolute Gasteiger partial charge is 0.481 e. The first kappa shape index (κ1) is 22.9. The highest BCUT2D eigenvalue weighted by atomic mass is 31.3. The number of methoxy groups -OCH3 is 1. The third kappa shape index (κ3) is 4.32. The van der Waals surface area contributed by atoms with E-state index in [1.165, 1.54) is 0 Å². The monoisotopic (exact) mass is 473 g/mol. The van der Waals surface area contributed by atoms with Crippen LogP contribution in [0.25, 0.3) is 11.2 Å². The second-order valence-corrected chi connectivity index (χ2v) is 8.86. The van der Waals surface area contributed by atoms with Gasteiger partial charge in [0.25, 0.3) is 5.56 Å². The van der Waals surface area contributed by atoms with E-state index >= 15 is 0 Å². The Morgan fingerprint density at radius 3 is 2.67 bits per heavy atom. The number of hydrogen-bond donors (Lipinski definition) is 7. The highest BCUT2D eigenvalue weighted by molar-refractivity contribution is 7.60. The van der Waals surface area contributed by atoms with Crippen molar-refractivity contribution in [2.24, 2.45) is 0 Å². The van der Waals surface area contributed by atoms with Crippen LogP contribution < -0.4 is 11.3 Å². The molecule has 2 aromatic rings. The number of anilines is 1. The average Bonchev–Trinajstić information content (AvgIpc) is 3.12. The Morgan fingerprint density at radius 2 is 2.07 bits per heavy atom. The molecule has 19 heteroatoms. The fraction of sp³-hybridized carbons (Fsp3) is 0.545. The molecule has 1 aliphatic rings. The molecule has 0 aliphatic carbocycles. The number of aliphatic hydroxyl groups excluding tert-OH is 1. The van der Waals surface area contributed by atoms with E-state index < -0.39 is 52.0 Å². The summed E-state index contributed by atoms with van der Waals surface area (Å²) < 4.78 is 41.8. The molecule has 2 aromatic heterocycles. The highest BCUT2D eigenvalue weighted by Crippen LogP contribution is 2.58. The lowest BCUT2D eigenvalue weighted by Gasteiger charge is -2.29. The number of nitrogens with zero attached hydrogens (tertiary/aromatic N) is 3. The van der Waals surface area contributed by atoms with Gasteiger partial charge in [-0.3, -0.25) is 18.9 Å². The standard InChI is InChI=1S/C11H17N5O12P2/c1-25-11(19)4(2-26-30(23,24)28-29(20,21)22)27-9(6(11)17)16-3-13-5-7(16)14-10(12)15-8(5)18/h3-4,6,9,17,19H,2H2,1H3,(H,23,24)(H2,20,21,22)(H3,12,14,15,18)/t4-,6+,9-,11+/m1/s1. The summed E-state index contributed by atoms with van der Waals surface area (Å²) in [6.45, 7) is -1.01. The number of H-pyrrole nitrogens is 1. The van der Waals surface area contributed by atoms with Crippen LogP contribution in [0, 0.1) is 0 Å². The first-order valence-electron chi connectivity index (χ1n) is 7.85. The number of nitrogen functional groups attached to an aromatic ring is 1. The van der Waals surface area contributed by atoms with Gasteiger partial charge < -0.3 is 40.1 Å². The number of hydrogen-bond acceptors (Lipinski definition) is 12. The van der Waals surface area contributed by atoms with Crippen molar-refractivity contribution in [3.8, 4) is 0 Å². The van der Waals surface area contributed by atoms with Crippen LogP contribution in [-0.2, 0) is 27.4 Å². The third-order valence-corrected chi connectivity index (χ3v) is 6.26. The maximum absolute atomic E-state index is 11.9. The molecule has 3 rings (SSSR count). The van der Waals surface area contributed by atoms with Crippen LogP contribution in [0.15, 0.2) is 11.1 Å². The van der Waals surface area contributed by atoms with E-state index in [2.05, 4.69) is 23.8 Å². The van der Waals surface area contributed by atoms with Crippen molar-refractivity contribution >= 4 is 32.8 Å². The van der Waals surface area contributed by atoms with Crippen molar-refractivity contribution in [3.05, 3.63) is 16.7 Å². The Bertz CT molecular complexity index is 1100. The van der Waals surface area contributed by atoms with Crippen molar-refractivity contribution in [1.29, 1.82) is 0 Å². The van der Waals surface area contributed by atoms with Crippen molar-refractivity contribution in [1.82, 2.24) is 19.5 Å². The van der Waals surface area contributed by atoms with Crippen LogP contribution >= 0.6 is 15.6 Å². The predicted octanol–water partition coefficient (Wildman–Crippen LogP) is -2.48. The summed E-state index contributed by atoms with van der Waals surface area (Å²) in [4.78, 5) is 48.5. The summed E-state index contributed by atoms with van der Waals surface area (Å²) in [7, 11) is -9.66. The Kier molecular flexibility index (Phi) is 5.92. The lowest BCUT2D eigenvalue weighted by atomic mass is 10.1. The van der Waals surface area contributed by atoms with E-state index in [1.54, 1.807) is 0 Å². The molecule has 8 N–H and O–H groups in total. The van der Waals surface area contributed by atoms with Gasteiger partial charge in [0.1, 0.15) is 6.10 Å². The molecule has 0 saturated carbocycles. The SMILES string of the molecule is CO[C@@]1(O)[C@@H](COP(=O)(O)OP(=O)(O)O)O[C@@H](n2cnc3c(=O)[nH]c(N)nc32)[C@@H]1O. The van der Waals surface area contributed by atoms with Gasteiger partial charge in [0.05, 0.1) is 12.9 Å². The molecule has 1 unspecified atom stereocenters. The summed E-state index contributed by atoms with van der Waals surface area (Å²) in [5.74, 6) is -2.78. The van der Waals surface area contributed by atoms with Gasteiger partial charge in [-0.1, -0.05) is 0 Å². The van der Waals surface area contributed by atoms with Crippen molar-refractivity contribution in [2.75, 3.05) is 19.5 Å². The van der Waals surface area contributed by atoms with Crippen LogP contribution in [0.1, 0.15) is 6.23 Å². The Morgan fingerprint density at radius 1 is 1.40 bits per heavy atom. The summed E-state index contributed by atoms with van der Waals surface area (Å²) in [6, 6.07) is 0. The molecule has 0 aromatic carbocycles. The third-order valence-electron chi connectivity index (χ3n) is 4.11. The quantitative estimate of drug-likeness (QED) is 0.162. The van der Waals surface area contributed by atoms with Gasteiger partial charge in [0.15, 0.2) is 23.5 Å². The van der Waals surface area contributed by atoms with Crippen molar-refractivity contribution in [3.63, 3.8) is 0 Å². The lowest BCUT2D eigenvalue weighted by molar-refractivity contribution is -0.251. The Balaban J connectivity index is 1.89. The topological polar surface area (TPSA) is 262 Å². The predicted molar refractivity (Wildman–Crippen MR) is 93.3 cm³/mol. The molecule has 1 fully saturated rings. The van der Waals surface area contributed by atoms with E-state index in [1.807, 2.05) is 0 Å². The zero-order valence-electron chi connectivity index (χ0n) is 14.9. The van der Waals surface area contributed by atoms with Crippen LogP contribution in [0.4, 0.5) is 5.95 Å². The number of nitrogens with one attached hydrogen (secondary N) is 1. The highest BCUT2D eigenvalue weighted by Gasteiger charge is 2.58. The van der Waals surface area contributed by atoms with E-state index in [4.69, 9.17) is 25.0 Å². The van der Waals surface area contributed by atoms with E-state index in [9.17, 15) is 29.0 Å². The van der Waals surface area contributed by atoms with Crippen molar-refractivity contribution < 1.29 is 52.3 Å². The number of fused-ring (bicyclic) bond motifs is 1. The molecule has 17 nitrogen and oxygen atoms in total. The molecule has 0 bridgehead atoms. The molecule has 0 spiro atoms. The lowest BCUT2D eigenvalue weighted by Crippen LogP contribution is -2.50. The van der Waals surface area contributed by atoms with Gasteiger partial charge in [-0.25, -0.2) is 14.1 Å². The molecular weight excluding hydrogens is 456 g/mol. The molecular formula is C11H17N5O12P2. The normalized spacial score (nSPS) is 29.3. The number of phosphoric ester groups is 1. The molecule has 5 atom stereocenters. The Hall–Kier alpha value is -1.75. The van der Waals surface area contributed by atoms with Crippen LogP contribution in [-0.4, -0.2) is 76.1 Å². The summed E-state index contributed by atoms with van der Waals surface area (Å²) in [6.07, 6.45) is -3.95. The summed E-state index contributed by atoms with van der Waals surface area (Å²) >= 11 is 0. The number of nitrogens with two attached hydrogens (primary N) is 1. The molecule has 0 amide bonds. The average molecular weight is 473 g/mol. The molecule has 30 heavy (non-hydrogen) atoms. The van der Waals surface area contributed by atoms with Crippen LogP contribution in [0.2, 0.25) is 0 Å². The minimum Gasteiger partial charge on any atom is -0.383 e. The second kappa shape index (κ2) is 7.74. The molecule has 1 saturated heterocycles. The first-order chi connectivity index (χ1) is 13.8. The zero-order chi connectivity index (χ0) is 22.5. The van der Waals surface area contributed by atoms with Crippen molar-refractivity contribution in [2.45, 2.75) is 24.2 Å². The summed E-state index contributed by atoms with van der Waals surface area (Å²) in [5.41, 5.74) is 4.55. The number of aliphatic hydroxyl groups is 2. The fourth-order valence-electron chi connectivity index (χ4n) is 2.81. The number of imidazole rings is 1. The first-order valence-corrected chi connectivity index (χ1v) is 10.9. The molecule has 1 aliphatic heterocycles. The maximum atomic E-state index is 11.9. The molecule has 3 heterocycles. The number of rotatable bonds is 7. The van der Waals surface area contributed by atoms with E-state index in [-0.39, 0.29) is 17.1 Å². The van der Waals surface area contributed by atoms with Crippen LogP contribution in [0.3, 0.4) is 0 Å². The number of ether oxygens (including phenoxy) is 2. The minimum atomic E-state index is -5.38. The van der Waals surface area contributed by atoms with Gasteiger partial charge in [-0.05, 0) is 0 Å². The number of aromatic amines is 1. The van der Waals surface area contributed by atoms with Gasteiger partial charge in [0.2, 0.25) is 11.7 Å². The fourth-order valence-corrected chi connectivity index (χ4v) is 4.40. The number of aromatic nitrogens is 4. The molecule has 0 radical (unpaired) electrons. The second-order valence-electron chi connectivity index (χ2n) is 6.03. The van der Waals surface area contributed by atoms with E-state index in [0.29, 0.717) is 0 Å². The maximum Gasteiger partial charge on any atom is 0.481 e. The minimum absolute atomic E-state index is 0.113. The Labute approximate surface area is 165 Å². The van der Waals surface area contributed by atoms with E-state index in [0.717, 1.165) is 18.0 Å². The van der Waals surface area contributed by atoms with Gasteiger partial charge in [0, 0.05) is 7.11 Å². The number of phosphoric acid groups is 2. The molecule has 168 valence electrons. The smallest absolute Gasteiger partial charge is 0.383 e. The van der Waals surface area contributed by atoms with Crippen LogP contribution in [0.5, 0.6) is 0 Å². The van der Waals surface area contributed by atoms with Gasteiger partial charge in [-0.2, -0.15) is 9.29 Å². The van der Waals surface area contributed by atoms with Gasteiger partial charge >= 0.3 is 15.6 Å². The summed E-state index contributed by atoms with van der Waals surface area (Å²) in [5, 5.41) is 21.1. The zero-order valence-corrected chi connectivity index (χ0v) is 16.7.